The summed E-state index contributed by atoms with van der Waals surface area (Å²) < 4.78 is 20.0. The van der Waals surface area contributed by atoms with Crippen LogP contribution in [0.4, 0.5) is 0 Å². The zero-order chi connectivity index (χ0) is 23.3. The van der Waals surface area contributed by atoms with Gasteiger partial charge in [0.15, 0.2) is 0 Å². The summed E-state index contributed by atoms with van der Waals surface area (Å²) in [5.41, 5.74) is 2.04. The fourth-order valence-electron chi connectivity index (χ4n) is 4.49. The molecule has 0 aliphatic heterocycles. The molecule has 0 heterocycles. The van der Waals surface area contributed by atoms with E-state index in [-0.39, 0.29) is 0 Å². The first-order valence-electron chi connectivity index (χ1n) is 12.9. The van der Waals surface area contributed by atoms with Crippen LogP contribution < -0.4 is 0 Å². The predicted molar refractivity (Wildman–Crippen MR) is 143 cm³/mol. The van der Waals surface area contributed by atoms with E-state index < -0.39 is 45.0 Å². The molecule has 0 amide bonds. The van der Waals surface area contributed by atoms with Crippen molar-refractivity contribution in [1.29, 1.82) is 0 Å². The minimum atomic E-state index is -3.34. The van der Waals surface area contributed by atoms with E-state index in [2.05, 4.69) is 95.3 Å². The average molecular weight is 651 g/mol. The molecule has 1 atom stereocenters. The van der Waals surface area contributed by atoms with Gasteiger partial charge in [-0.15, -0.1) is 0 Å². The van der Waals surface area contributed by atoms with Gasteiger partial charge in [0.1, 0.15) is 0 Å². The molecular formula is C28H45O2Sn2. The van der Waals surface area contributed by atoms with Crippen molar-refractivity contribution in [3.05, 3.63) is 71.8 Å². The average Bonchev–Trinajstić information content (AvgIpc) is 2.82. The number of rotatable bonds is 16. The van der Waals surface area contributed by atoms with E-state index in [1.165, 1.54) is 61.0 Å². The van der Waals surface area contributed by atoms with Gasteiger partial charge in [0.25, 0.3) is 0 Å². The van der Waals surface area contributed by atoms with Crippen molar-refractivity contribution in [2.24, 2.45) is 0 Å². The Kier molecular flexibility index (Phi) is 13.3. The van der Waals surface area contributed by atoms with E-state index in [1.807, 2.05) is 0 Å². The van der Waals surface area contributed by atoms with Gasteiger partial charge in [-0.2, -0.15) is 0 Å². The summed E-state index contributed by atoms with van der Waals surface area (Å²) in [5.74, 6) is 0. The Morgan fingerprint density at radius 2 is 1.25 bits per heavy atom. The van der Waals surface area contributed by atoms with Crippen molar-refractivity contribution < 1.29 is 4.49 Å². The molecule has 2 aromatic rings. The SMILES string of the molecule is CCC[CH2][Sn]([CH2]CC)[O][Sn]([CH2]CC)([CH2]CCC)[O]C(C)(c1ccccc1)c1ccccc1. The van der Waals surface area contributed by atoms with E-state index in [0.717, 1.165) is 6.42 Å². The molecule has 0 fully saturated rings. The van der Waals surface area contributed by atoms with Crippen LogP contribution in [0.15, 0.2) is 60.7 Å². The summed E-state index contributed by atoms with van der Waals surface area (Å²) in [4.78, 5) is 0. The third kappa shape index (κ3) is 8.32. The molecule has 0 aliphatic rings. The van der Waals surface area contributed by atoms with Gasteiger partial charge in [0.05, 0.1) is 0 Å². The van der Waals surface area contributed by atoms with Crippen LogP contribution in [-0.2, 0) is 10.1 Å². The molecule has 0 aromatic heterocycles. The van der Waals surface area contributed by atoms with Crippen molar-refractivity contribution in [2.75, 3.05) is 0 Å². The van der Waals surface area contributed by atoms with Gasteiger partial charge >= 0.3 is 212 Å². The van der Waals surface area contributed by atoms with Crippen molar-refractivity contribution in [1.82, 2.24) is 0 Å². The molecule has 0 saturated carbocycles. The molecule has 0 saturated heterocycles. The Balaban J connectivity index is 2.51. The summed E-state index contributed by atoms with van der Waals surface area (Å²) in [5, 5.41) is 0. The molecule has 4 heteroatoms. The third-order valence-electron chi connectivity index (χ3n) is 6.25. The molecule has 0 aliphatic carbocycles. The van der Waals surface area contributed by atoms with Gasteiger partial charge in [-0.3, -0.25) is 0 Å². The molecule has 0 spiro atoms. The molecule has 177 valence electrons. The summed E-state index contributed by atoms with van der Waals surface area (Å²) in [6, 6.07) is 21.7. The Labute approximate surface area is 210 Å². The van der Waals surface area contributed by atoms with Gasteiger partial charge in [-0.25, -0.2) is 0 Å². The molecule has 1 radical (unpaired) electrons. The maximum absolute atomic E-state index is 7.53. The van der Waals surface area contributed by atoms with Crippen LogP contribution in [0.25, 0.3) is 0 Å². The maximum atomic E-state index is 7.53. The molecule has 2 nitrogen and oxygen atoms in total. The van der Waals surface area contributed by atoms with E-state index in [9.17, 15) is 0 Å². The van der Waals surface area contributed by atoms with Crippen LogP contribution in [0.1, 0.15) is 84.3 Å². The summed E-state index contributed by atoms with van der Waals surface area (Å²) in [7, 11) is 0. The van der Waals surface area contributed by atoms with Crippen LogP contribution in [0.2, 0.25) is 17.7 Å². The number of unbranched alkanes of at least 4 members (excludes halogenated alkanes) is 2. The normalized spacial score (nSPS) is 13.9. The van der Waals surface area contributed by atoms with Gasteiger partial charge < -0.3 is 0 Å². The molecule has 2 aromatic carbocycles. The standard InChI is InChI=1S/C14H13O.2C4H9.2C3H7.O.2Sn/c1-14(15,12-8-4-2-5-9-12)13-10-6-3-7-11-13;2*1-3-4-2;2*1-3-2;;;/h2-11H,1H3;2*1,3-4H2,2H3;2*1,3H2,2H3;;;/q-1;;;;;;;+1. The number of hydrogen-bond donors (Lipinski definition) is 0. The molecule has 0 bridgehead atoms. The van der Waals surface area contributed by atoms with Gasteiger partial charge in [0.2, 0.25) is 0 Å². The van der Waals surface area contributed by atoms with Crippen molar-refractivity contribution in [2.45, 2.75) is 96.5 Å². The second-order valence-corrected chi connectivity index (χ2v) is 28.2. The molecule has 1 unspecified atom stereocenters. The Hall–Kier alpha value is -0.0426. The molecule has 2 rings (SSSR count). The zero-order valence-electron chi connectivity index (χ0n) is 21.2. The van der Waals surface area contributed by atoms with Crippen LogP contribution in [-0.4, -0.2) is 39.4 Å². The van der Waals surface area contributed by atoms with Crippen molar-refractivity contribution >= 4 is 39.4 Å². The molecular weight excluding hydrogens is 606 g/mol. The van der Waals surface area contributed by atoms with Crippen LogP contribution in [0, 0.1) is 0 Å². The first kappa shape index (κ1) is 28.2. The second-order valence-electron chi connectivity index (χ2n) is 9.13. The van der Waals surface area contributed by atoms with E-state index in [1.54, 1.807) is 0 Å². The molecule has 0 N–H and O–H groups in total. The van der Waals surface area contributed by atoms with Gasteiger partial charge in [-0.1, -0.05) is 0 Å². The monoisotopic (exact) mass is 653 g/mol. The quantitative estimate of drug-likeness (QED) is 0.169. The van der Waals surface area contributed by atoms with E-state index in [4.69, 9.17) is 4.49 Å². The minimum absolute atomic E-state index is 0.452. The summed E-state index contributed by atoms with van der Waals surface area (Å²) >= 11 is -5.27. The summed E-state index contributed by atoms with van der Waals surface area (Å²) in [6.45, 7) is 11.6. The van der Waals surface area contributed by atoms with Crippen LogP contribution >= 0.6 is 0 Å². The zero-order valence-corrected chi connectivity index (χ0v) is 26.9. The molecule has 32 heavy (non-hydrogen) atoms. The van der Waals surface area contributed by atoms with E-state index in [0.29, 0.717) is 0 Å². The Bertz CT molecular complexity index is 698. The van der Waals surface area contributed by atoms with Crippen LogP contribution in [0.3, 0.4) is 0 Å². The number of benzene rings is 2. The van der Waals surface area contributed by atoms with Crippen molar-refractivity contribution in [3.8, 4) is 0 Å². The van der Waals surface area contributed by atoms with Crippen LogP contribution in [0.5, 0.6) is 0 Å². The third-order valence-corrected chi connectivity index (χ3v) is 35.4. The van der Waals surface area contributed by atoms with Gasteiger partial charge in [-0.05, 0) is 0 Å². The van der Waals surface area contributed by atoms with Gasteiger partial charge in [0, 0.05) is 0 Å². The fourth-order valence-corrected chi connectivity index (χ4v) is 39.2. The number of hydrogen-bond acceptors (Lipinski definition) is 2. The Morgan fingerprint density at radius 1 is 0.688 bits per heavy atom. The second kappa shape index (κ2) is 15.1. The first-order chi connectivity index (χ1) is 15.5. The topological polar surface area (TPSA) is 18.5 Å². The first-order valence-corrected chi connectivity index (χ1v) is 24.4. The summed E-state index contributed by atoms with van der Waals surface area (Å²) in [6.07, 6.45) is 7.46. The van der Waals surface area contributed by atoms with Crippen molar-refractivity contribution in [3.63, 3.8) is 0 Å². The Morgan fingerprint density at radius 3 is 1.72 bits per heavy atom. The predicted octanol–water partition coefficient (Wildman–Crippen LogP) is 8.84. The fraction of sp³-hybridized carbons (Fsp3) is 0.571. The van der Waals surface area contributed by atoms with E-state index >= 15 is 0 Å².